The monoisotopic (exact) mass is 443 g/mol. The summed E-state index contributed by atoms with van der Waals surface area (Å²) in [5, 5.41) is 23.0. The summed E-state index contributed by atoms with van der Waals surface area (Å²) in [6.07, 6.45) is -1.11. The summed E-state index contributed by atoms with van der Waals surface area (Å²) in [6.45, 7) is 3.06. The lowest BCUT2D eigenvalue weighted by atomic mass is 9.80. The van der Waals surface area contributed by atoms with Gasteiger partial charge in [0, 0.05) is 26.9 Å². The number of benzene rings is 2. The summed E-state index contributed by atoms with van der Waals surface area (Å²) in [6, 6.07) is 14.8. The number of rotatable bonds is 1. The Morgan fingerprint density at radius 1 is 1.03 bits per heavy atom. The number of fused-ring (bicyclic) bond motifs is 2. The molecule has 0 radical (unpaired) electrons. The van der Waals surface area contributed by atoms with Crippen LogP contribution < -0.4 is 5.32 Å². The van der Waals surface area contributed by atoms with Gasteiger partial charge < -0.3 is 19.6 Å². The van der Waals surface area contributed by atoms with Crippen molar-refractivity contribution in [1.82, 2.24) is 0 Å². The Hall–Kier alpha value is -2.94. The molecule has 0 bridgehead atoms. The fraction of sp³-hybridized carbons (Fsp3) is 0.238. The molecule has 2 atom stereocenters. The van der Waals surface area contributed by atoms with Crippen molar-refractivity contribution in [2.24, 2.45) is 0 Å². The number of Topliss-reactive ketones (excluding diaryl/α,β-unsaturated/α-hetero) is 1. The molecule has 0 saturated carbocycles. The van der Waals surface area contributed by atoms with Crippen LogP contribution in [0.4, 0.5) is 5.69 Å². The molecule has 2 aromatic carbocycles. The molecule has 30 heavy (non-hydrogen) atoms. The van der Waals surface area contributed by atoms with Gasteiger partial charge in [0.2, 0.25) is 5.60 Å². The van der Waals surface area contributed by atoms with E-state index in [0.29, 0.717) is 21.3 Å². The Morgan fingerprint density at radius 2 is 1.60 bits per heavy atom. The molecule has 1 spiro atoms. The minimum absolute atomic E-state index is 0.167. The van der Waals surface area contributed by atoms with Crippen LogP contribution in [0.5, 0.6) is 0 Å². The van der Waals surface area contributed by atoms with Crippen LogP contribution in [-0.4, -0.2) is 17.3 Å². The number of nitrogens with one attached hydrogen (secondary N) is 1. The minimum atomic E-state index is -2.18. The van der Waals surface area contributed by atoms with Crippen LogP contribution in [0.1, 0.15) is 31.3 Å². The normalized spacial score (nSPS) is 22.9. The molecular formula is C21H15Cl2N3O4. The van der Waals surface area contributed by atoms with Gasteiger partial charge in [-0.15, -0.1) is 0 Å². The van der Waals surface area contributed by atoms with Gasteiger partial charge in [-0.3, -0.25) is 4.79 Å². The smallest absolute Gasteiger partial charge is 0.286 e. The first-order chi connectivity index (χ1) is 14.2. The van der Waals surface area contributed by atoms with Crippen LogP contribution in [0.2, 0.25) is 10.0 Å². The average Bonchev–Trinajstić information content (AvgIpc) is 3.19. The highest BCUT2D eigenvalue weighted by molar-refractivity contribution is 6.31. The summed E-state index contributed by atoms with van der Waals surface area (Å²) >= 11 is 12.0. The molecule has 7 nitrogen and oxygen atoms in total. The minimum Gasteiger partial charge on any atom is -0.323 e. The van der Waals surface area contributed by atoms with Crippen molar-refractivity contribution in [2.45, 2.75) is 31.3 Å². The van der Waals surface area contributed by atoms with Gasteiger partial charge in [-0.25, -0.2) is 0 Å². The second-order valence-electron chi connectivity index (χ2n) is 6.76. The van der Waals surface area contributed by atoms with Gasteiger partial charge in [-0.05, 0) is 44.2 Å². The maximum atomic E-state index is 12.8. The summed E-state index contributed by atoms with van der Waals surface area (Å²) in [4.78, 5) is 22.3. The van der Waals surface area contributed by atoms with Crippen LogP contribution in [0.25, 0.3) is 0 Å². The zero-order valence-electron chi connectivity index (χ0n) is 15.9. The first kappa shape index (κ1) is 21.8. The zero-order valence-corrected chi connectivity index (χ0v) is 17.4. The Labute approximate surface area is 182 Å². The number of carbonyl (C=O) groups is 2. The summed E-state index contributed by atoms with van der Waals surface area (Å²) in [5.41, 5.74) is -2.92. The van der Waals surface area contributed by atoms with Crippen molar-refractivity contribution in [2.75, 3.05) is 5.32 Å². The van der Waals surface area contributed by atoms with Gasteiger partial charge in [0.25, 0.3) is 11.5 Å². The number of ketones is 1. The fourth-order valence-electron chi connectivity index (χ4n) is 3.22. The maximum Gasteiger partial charge on any atom is 0.286 e. The largest absolute Gasteiger partial charge is 0.323 e. The molecule has 2 aliphatic heterocycles. The van der Waals surface area contributed by atoms with Crippen molar-refractivity contribution in [3.05, 3.63) is 63.6 Å². The molecule has 2 heterocycles. The van der Waals surface area contributed by atoms with E-state index in [0.717, 1.165) is 0 Å². The van der Waals surface area contributed by atoms with E-state index in [4.69, 9.17) is 32.7 Å². The number of hydrogen-bond acceptors (Lipinski definition) is 6. The van der Waals surface area contributed by atoms with E-state index in [9.17, 15) is 20.1 Å². The number of nitrogens with zero attached hydrogens (tertiary/aromatic N) is 2. The Morgan fingerprint density at radius 3 is 2.17 bits per heavy atom. The number of halogens is 2. The van der Waals surface area contributed by atoms with Gasteiger partial charge >= 0.3 is 0 Å². The second-order valence-corrected chi connectivity index (χ2v) is 7.63. The molecule has 0 aromatic heterocycles. The summed E-state index contributed by atoms with van der Waals surface area (Å²) in [5.74, 6) is -0.491. The number of ether oxygens (including phenoxy) is 2. The van der Waals surface area contributed by atoms with Gasteiger partial charge in [0.05, 0.1) is 0 Å². The molecule has 9 heteroatoms. The van der Waals surface area contributed by atoms with E-state index < -0.39 is 23.4 Å². The third kappa shape index (κ3) is 3.43. The van der Waals surface area contributed by atoms with Gasteiger partial charge in [0.15, 0.2) is 6.29 Å². The van der Waals surface area contributed by atoms with Gasteiger partial charge in [0.1, 0.15) is 17.9 Å². The summed E-state index contributed by atoms with van der Waals surface area (Å²) in [7, 11) is 0. The van der Waals surface area contributed by atoms with Crippen molar-refractivity contribution >= 4 is 40.6 Å². The number of carbonyl (C=O) groups excluding carboxylic acids is 2. The van der Waals surface area contributed by atoms with Crippen LogP contribution in [0.3, 0.4) is 0 Å². The Kier molecular flexibility index (Phi) is 5.85. The number of anilines is 1. The van der Waals surface area contributed by atoms with Crippen LogP contribution in [-0.2, 0) is 24.7 Å². The SMILES string of the molecule is CC(C)=O.N#CC1(C#N)O[C@@H](c2ccc(Cl)cc2)O[C@]12C(=O)Nc1ccc(Cl)cc12. The predicted octanol–water partition coefficient (Wildman–Crippen LogP) is 4.27. The molecule has 4 rings (SSSR count). The highest BCUT2D eigenvalue weighted by Crippen LogP contribution is 2.56. The molecule has 152 valence electrons. The van der Waals surface area contributed by atoms with Crippen LogP contribution in [0, 0.1) is 22.7 Å². The lowest BCUT2D eigenvalue weighted by Gasteiger charge is -2.27. The Balaban J connectivity index is 0.000000589. The molecule has 2 aliphatic rings. The molecule has 1 N–H and O–H groups in total. The Bertz CT molecular complexity index is 1090. The van der Waals surface area contributed by atoms with Crippen molar-refractivity contribution in [3.8, 4) is 12.1 Å². The van der Waals surface area contributed by atoms with E-state index >= 15 is 0 Å². The van der Waals surface area contributed by atoms with E-state index in [2.05, 4.69) is 5.32 Å². The highest BCUT2D eigenvalue weighted by Gasteiger charge is 2.71. The zero-order chi connectivity index (χ0) is 22.1. The molecule has 1 amide bonds. The fourth-order valence-corrected chi connectivity index (χ4v) is 3.52. The first-order valence-corrected chi connectivity index (χ1v) is 9.47. The number of amides is 1. The molecule has 0 unspecified atom stereocenters. The maximum absolute atomic E-state index is 12.8. The molecule has 1 fully saturated rings. The van der Waals surface area contributed by atoms with E-state index in [1.54, 1.807) is 36.4 Å². The molecule has 0 aliphatic carbocycles. The molecule has 1 saturated heterocycles. The quantitative estimate of drug-likeness (QED) is 0.703. The van der Waals surface area contributed by atoms with E-state index in [1.807, 2.05) is 12.1 Å². The number of nitriles is 2. The lowest BCUT2D eigenvalue weighted by Crippen LogP contribution is -2.52. The van der Waals surface area contributed by atoms with Gasteiger partial charge in [-0.2, -0.15) is 10.5 Å². The topological polar surface area (TPSA) is 112 Å². The van der Waals surface area contributed by atoms with Gasteiger partial charge in [-0.1, -0.05) is 35.3 Å². The molecule has 2 aromatic rings. The predicted molar refractivity (Wildman–Crippen MR) is 108 cm³/mol. The number of hydrogen-bond donors (Lipinski definition) is 1. The molecular weight excluding hydrogens is 429 g/mol. The van der Waals surface area contributed by atoms with Crippen molar-refractivity contribution < 1.29 is 19.1 Å². The standard InChI is InChI=1S/C18H9Cl2N3O3.C3H6O/c19-11-3-1-10(2-4-11)15-25-17(8-21,9-22)18(26-15)13-7-12(20)5-6-14(13)23-16(18)24;1-3(2)4/h1-7,15H,(H,23,24);1-2H3/t15-,18-;/m1./s1. The van der Waals surface area contributed by atoms with E-state index in [1.165, 1.54) is 19.9 Å². The van der Waals surface area contributed by atoms with Crippen molar-refractivity contribution in [3.63, 3.8) is 0 Å². The average molecular weight is 444 g/mol. The highest BCUT2D eigenvalue weighted by atomic mass is 35.5. The third-order valence-electron chi connectivity index (χ3n) is 4.45. The van der Waals surface area contributed by atoms with E-state index in [-0.39, 0.29) is 11.3 Å². The van der Waals surface area contributed by atoms with Crippen molar-refractivity contribution in [1.29, 1.82) is 10.5 Å². The van der Waals surface area contributed by atoms with Crippen LogP contribution in [0.15, 0.2) is 42.5 Å². The van der Waals surface area contributed by atoms with Crippen LogP contribution >= 0.6 is 23.2 Å². The third-order valence-corrected chi connectivity index (χ3v) is 4.94. The lowest BCUT2D eigenvalue weighted by molar-refractivity contribution is -0.143. The first-order valence-electron chi connectivity index (χ1n) is 8.71. The summed E-state index contributed by atoms with van der Waals surface area (Å²) < 4.78 is 11.6. The second kappa shape index (κ2) is 8.06.